The van der Waals surface area contributed by atoms with E-state index < -0.39 is 17.9 Å². The Morgan fingerprint density at radius 1 is 0.542 bits per heavy atom. The van der Waals surface area contributed by atoms with E-state index in [0.717, 1.165) is 113 Å². The van der Waals surface area contributed by atoms with Crippen molar-refractivity contribution in [3.63, 3.8) is 0 Å². The van der Waals surface area contributed by atoms with E-state index in [9.17, 15) is 19.5 Å². The van der Waals surface area contributed by atoms with Crippen LogP contribution in [0.4, 0.5) is 22.2 Å². The number of anilines is 3. The van der Waals surface area contributed by atoms with Crippen LogP contribution in [0.3, 0.4) is 0 Å². The third-order valence-electron chi connectivity index (χ3n) is 17.5. The SMILES string of the molecule is C=CC(=O)Cl.C=CC(=O)N1CCC[C@@H](n2nc(-c3ccc(Oc4ccccc4)cc3)c3c(N)ncnc32)C1.CB(O)N1CCC[C@H](O)C1.CC(C)(C)OC(=O)N1CCC[C@@H](n2nc(-c3ccc(Oc4ccccc4)cc3)c3c(N)ncnc32)C1.Nc1ncnc2n[nH]c(-c3ccc(Oc4ccccc4)cc3)c12. The maximum absolute atomic E-state index is 12.7. The van der Waals surface area contributed by atoms with Gasteiger partial charge in [-0.3, -0.25) is 14.7 Å². The molecule has 0 radical (unpaired) electrons. The number of nitrogen functional groups attached to an aromatic ring is 3. The molecule has 2 amide bonds. The number of carbonyl (C=O) groups excluding carboxylic acids is 3. The number of nitrogens with two attached hydrogens (primary N) is 3. The number of allylic oxidation sites excluding steroid dienone is 1. The quantitative estimate of drug-likeness (QED) is 0.0334. The number of rotatable bonds is 14. The average Bonchev–Trinajstić information content (AvgIpc) is 1.62. The number of piperidine rings is 3. The number of aromatic nitrogens is 12. The largest absolute Gasteiger partial charge is 0.457 e. The number of aliphatic hydroxyl groups is 1. The van der Waals surface area contributed by atoms with Gasteiger partial charge in [-0.05, 0) is 206 Å². The highest BCUT2D eigenvalue weighted by atomic mass is 35.5. The molecule has 550 valence electrons. The summed E-state index contributed by atoms with van der Waals surface area (Å²) in [5.41, 5.74) is 24.7. The van der Waals surface area contributed by atoms with Crippen LogP contribution in [-0.2, 0) is 14.3 Å². The first-order chi connectivity index (χ1) is 51.7. The van der Waals surface area contributed by atoms with Crippen LogP contribution in [0.15, 0.2) is 208 Å². The fourth-order valence-corrected chi connectivity index (χ4v) is 12.4. The van der Waals surface area contributed by atoms with Crippen LogP contribution in [0.1, 0.15) is 71.4 Å². The van der Waals surface area contributed by atoms with Crippen molar-refractivity contribution in [2.45, 2.75) is 89.9 Å². The van der Waals surface area contributed by atoms with Gasteiger partial charge in [-0.2, -0.15) is 15.3 Å². The summed E-state index contributed by atoms with van der Waals surface area (Å²) < 4.78 is 27.0. The van der Waals surface area contributed by atoms with Crippen molar-refractivity contribution in [3.05, 3.63) is 208 Å². The normalized spacial score (nSPS) is 15.7. The number of hydrogen-bond donors (Lipinski definition) is 6. The van der Waals surface area contributed by atoms with E-state index in [1.165, 1.54) is 25.1 Å². The summed E-state index contributed by atoms with van der Waals surface area (Å²) in [5, 5.41) is 36.9. The molecule has 6 aromatic carbocycles. The van der Waals surface area contributed by atoms with Crippen molar-refractivity contribution in [1.29, 1.82) is 0 Å². The van der Waals surface area contributed by atoms with E-state index in [2.05, 4.69) is 53.3 Å². The molecule has 9 N–H and O–H groups in total. The second-order valence-electron chi connectivity index (χ2n) is 26.3. The van der Waals surface area contributed by atoms with E-state index in [-0.39, 0.29) is 30.2 Å². The number of nitrogens with zero attached hydrogens (tertiary/aromatic N) is 14. The number of para-hydroxylation sites is 3. The van der Waals surface area contributed by atoms with Crippen molar-refractivity contribution in [2.75, 3.05) is 56.5 Å². The Balaban J connectivity index is 0.000000148. The molecule has 0 saturated carbocycles. The predicted molar refractivity (Wildman–Crippen MR) is 414 cm³/mol. The van der Waals surface area contributed by atoms with Gasteiger partial charge in [0.05, 0.1) is 40.0 Å². The Bertz CT molecular complexity index is 4970. The molecule has 0 unspecified atom stereocenters. The van der Waals surface area contributed by atoms with Crippen LogP contribution < -0.4 is 31.4 Å². The monoisotopic (exact) mass is 1460 g/mol. The Labute approximate surface area is 623 Å². The maximum atomic E-state index is 12.7. The molecule has 0 bridgehead atoms. The molecule has 27 nitrogen and oxygen atoms in total. The minimum atomic E-state index is -0.548. The second kappa shape index (κ2) is 35.6. The van der Waals surface area contributed by atoms with Gasteiger partial charge in [0.15, 0.2) is 16.9 Å². The number of ether oxygens (including phenoxy) is 4. The van der Waals surface area contributed by atoms with E-state index in [1.54, 1.807) is 16.6 Å². The van der Waals surface area contributed by atoms with Crippen molar-refractivity contribution < 1.29 is 43.5 Å². The summed E-state index contributed by atoms with van der Waals surface area (Å²) in [6, 6.07) is 51.9. The summed E-state index contributed by atoms with van der Waals surface area (Å²) in [6.07, 6.45) is 11.5. The number of aromatic amines is 1. The van der Waals surface area contributed by atoms with Crippen LogP contribution in [0.25, 0.3) is 66.9 Å². The highest BCUT2D eigenvalue weighted by Gasteiger charge is 2.33. The molecule has 9 heterocycles. The number of benzene rings is 6. The molecular formula is C78H84BClN18O9. The Morgan fingerprint density at radius 3 is 1.36 bits per heavy atom. The Morgan fingerprint density at radius 2 is 0.944 bits per heavy atom. The highest BCUT2D eigenvalue weighted by Crippen LogP contribution is 2.38. The third-order valence-corrected chi connectivity index (χ3v) is 17.6. The van der Waals surface area contributed by atoms with Crippen molar-refractivity contribution in [2.24, 2.45) is 0 Å². The summed E-state index contributed by atoms with van der Waals surface area (Å²) in [5.74, 6) is 5.62. The van der Waals surface area contributed by atoms with Crippen molar-refractivity contribution >= 4 is 86.4 Å². The van der Waals surface area contributed by atoms with Gasteiger partial charge in [-0.25, -0.2) is 44.1 Å². The number of β-amino-alcohol motifs (C(OH)–C–C–N with tert-alkyl or cyclic N) is 1. The topological polar surface area (TPSA) is 358 Å². The summed E-state index contributed by atoms with van der Waals surface area (Å²) >= 11 is 4.71. The summed E-state index contributed by atoms with van der Waals surface area (Å²) in [7, 11) is -0.407. The van der Waals surface area contributed by atoms with Crippen LogP contribution >= 0.6 is 11.6 Å². The van der Waals surface area contributed by atoms with Crippen molar-refractivity contribution in [1.82, 2.24) is 74.3 Å². The smallest absolute Gasteiger partial charge is 0.410 e. The molecule has 3 fully saturated rings. The number of carbonyl (C=O) groups is 3. The summed E-state index contributed by atoms with van der Waals surface area (Å²) in [6.45, 7) is 18.0. The zero-order chi connectivity index (χ0) is 75.6. The molecule has 0 aliphatic carbocycles. The lowest BCUT2D eigenvalue weighted by Crippen LogP contribution is -2.46. The zero-order valence-corrected chi connectivity index (χ0v) is 60.6. The molecule has 6 aromatic heterocycles. The zero-order valence-electron chi connectivity index (χ0n) is 59.8. The molecule has 12 aromatic rings. The lowest BCUT2D eigenvalue weighted by molar-refractivity contribution is -0.127. The van der Waals surface area contributed by atoms with Gasteiger partial charge in [-0.15, -0.1) is 0 Å². The fourth-order valence-electron chi connectivity index (χ4n) is 12.4. The van der Waals surface area contributed by atoms with Crippen LogP contribution in [0.2, 0.25) is 6.82 Å². The van der Waals surface area contributed by atoms with Gasteiger partial charge in [0.1, 0.15) is 87.9 Å². The number of hydrogen-bond acceptors (Lipinski definition) is 22. The van der Waals surface area contributed by atoms with Gasteiger partial charge in [0, 0.05) is 49.4 Å². The van der Waals surface area contributed by atoms with Gasteiger partial charge in [0.2, 0.25) is 11.1 Å². The Hall–Kier alpha value is -12.1. The fraction of sp³-hybridized carbons (Fsp3) is 0.256. The van der Waals surface area contributed by atoms with Crippen LogP contribution in [0, 0.1) is 0 Å². The number of halogens is 1. The van der Waals surface area contributed by atoms with E-state index >= 15 is 0 Å². The first-order valence-corrected chi connectivity index (χ1v) is 35.3. The number of fused-ring (bicyclic) bond motifs is 3. The first-order valence-electron chi connectivity index (χ1n) is 34.9. The molecule has 3 aliphatic rings. The molecule has 107 heavy (non-hydrogen) atoms. The minimum Gasteiger partial charge on any atom is -0.457 e. The second-order valence-corrected chi connectivity index (χ2v) is 26.7. The van der Waals surface area contributed by atoms with Crippen LogP contribution in [0.5, 0.6) is 34.5 Å². The number of likely N-dealkylation sites (tertiary alicyclic amines) is 2. The molecule has 29 heteroatoms. The van der Waals surface area contributed by atoms with Gasteiger partial charge >= 0.3 is 13.1 Å². The number of H-pyrrole nitrogens is 1. The number of nitrogens with one attached hydrogen (secondary N) is 1. The van der Waals surface area contributed by atoms with E-state index in [0.29, 0.717) is 89.3 Å². The van der Waals surface area contributed by atoms with E-state index in [1.807, 2.05) is 199 Å². The van der Waals surface area contributed by atoms with E-state index in [4.69, 9.17) is 63.0 Å². The Kier molecular flexibility index (Phi) is 25.3. The first kappa shape index (κ1) is 76.0. The predicted octanol–water partition coefficient (Wildman–Crippen LogP) is 13.5. The number of amides is 2. The lowest BCUT2D eigenvalue weighted by atomic mass is 9.82. The molecule has 3 atom stereocenters. The minimum absolute atomic E-state index is 0.00566. The van der Waals surface area contributed by atoms with Gasteiger partial charge in [-0.1, -0.05) is 67.8 Å². The molecule has 0 spiro atoms. The number of aliphatic hydroxyl groups excluding tert-OH is 1. The standard InChI is InChI=1S/C27H30N6O3.C25H24N6O2.C17H13N5O.C6H14BNO2.C3H3ClO/c1-27(2,3)36-26(34)32-15-7-8-19(16-32)33-25-22(24(28)29-17-30-25)23(31-33)18-11-13-21(14-12-18)35-20-9-5-4-6-10-20;1-2-21(32)30-14-6-7-18(15-30)31-25-22(24(26)27-16-28-25)23(29-31)17-10-12-20(13-11-17)33-19-8-4-3-5-9-19;18-16-14-15(21-22-17(14)20-10-19-16)11-6-8-13(9-7-11)23-12-4-2-1-3-5-12;1-7(10)8-4-2-3-6(9)5-8;1-2-3(4)5/h4-6,9-14,17,19H,7-8,15-16H2,1-3H3,(H2,28,29,30);2-5,8-13,16,18H,1,6-7,14-15H2,(H2,26,27,28);1-10H,(H3,18,19,20,21,22);6,9-10H,2-5H2,1H3;2H,1H2/t19-;18-;;6-;/m11.0./s1. The van der Waals surface area contributed by atoms with Crippen LogP contribution in [-0.4, -0.2) is 160 Å². The molecular weight excluding hydrogens is 1380 g/mol. The summed E-state index contributed by atoms with van der Waals surface area (Å²) in [4.78, 5) is 65.3. The molecule has 15 rings (SSSR count). The van der Waals surface area contributed by atoms with Crippen molar-refractivity contribution in [3.8, 4) is 68.3 Å². The molecule has 3 saturated heterocycles. The lowest BCUT2D eigenvalue weighted by Gasteiger charge is -2.34. The van der Waals surface area contributed by atoms with Gasteiger partial charge in [0.25, 0.3) is 0 Å². The van der Waals surface area contributed by atoms with Gasteiger partial charge < -0.3 is 60.9 Å². The third kappa shape index (κ3) is 19.8. The maximum Gasteiger partial charge on any atom is 0.410 e. The highest BCUT2D eigenvalue weighted by molar-refractivity contribution is 6.66. The molecule has 3 aliphatic heterocycles. The average molecular weight is 1460 g/mol.